The van der Waals surface area contributed by atoms with Crippen LogP contribution in [0.1, 0.15) is 20.3 Å². The molecule has 106 valence electrons. The molecule has 19 heavy (non-hydrogen) atoms. The second-order valence-electron chi connectivity index (χ2n) is 4.87. The fourth-order valence-corrected chi connectivity index (χ4v) is 1.75. The summed E-state index contributed by atoms with van der Waals surface area (Å²) in [5, 5.41) is 9.31. The number of benzene rings is 1. The average Bonchev–Trinajstić information content (AvgIpc) is 2.35. The smallest absolute Gasteiger partial charge is 0.123 e. The number of ether oxygens (including phenoxy) is 1. The van der Waals surface area contributed by atoms with Crippen LogP contribution in [0.25, 0.3) is 0 Å². The third-order valence-electron chi connectivity index (χ3n) is 2.67. The molecule has 0 aliphatic heterocycles. The van der Waals surface area contributed by atoms with Crippen LogP contribution in [0, 0.1) is 11.7 Å². The number of allylic oxidation sites excluding steroid dienone is 1. The van der Waals surface area contributed by atoms with Crippen molar-refractivity contribution in [3.8, 4) is 0 Å². The van der Waals surface area contributed by atoms with Crippen LogP contribution in [0.3, 0.4) is 0 Å². The molecule has 0 heterocycles. The van der Waals surface area contributed by atoms with Crippen molar-refractivity contribution in [1.82, 2.24) is 0 Å². The summed E-state index contributed by atoms with van der Waals surface area (Å²) in [7, 11) is 0. The predicted octanol–water partition coefficient (Wildman–Crippen LogP) is 3.16. The molecular weight excluding hydrogens is 245 g/mol. The first-order chi connectivity index (χ1) is 9.02. The van der Waals surface area contributed by atoms with Crippen molar-refractivity contribution in [2.24, 2.45) is 5.92 Å². The Balaban J connectivity index is 2.41. The molecule has 1 rings (SSSR count). The van der Waals surface area contributed by atoms with Crippen LogP contribution >= 0.6 is 0 Å². The highest BCUT2D eigenvalue weighted by Crippen LogP contribution is 2.15. The Bertz CT molecular complexity index is 390. The Morgan fingerprint density at radius 1 is 1.37 bits per heavy atom. The summed E-state index contributed by atoms with van der Waals surface area (Å²) >= 11 is 0. The molecule has 4 heteroatoms. The van der Waals surface area contributed by atoms with Gasteiger partial charge < -0.3 is 14.7 Å². The van der Waals surface area contributed by atoms with E-state index in [9.17, 15) is 9.50 Å². The van der Waals surface area contributed by atoms with E-state index in [0.29, 0.717) is 19.1 Å². The predicted molar refractivity (Wildman–Crippen MR) is 75.4 cm³/mol. The molecule has 0 saturated carbocycles. The first kappa shape index (κ1) is 15.5. The van der Waals surface area contributed by atoms with E-state index in [2.05, 4.69) is 20.4 Å². The van der Waals surface area contributed by atoms with Crippen molar-refractivity contribution in [2.45, 2.75) is 20.3 Å². The molecule has 1 aromatic rings. The molecule has 1 N–H and O–H groups in total. The number of aliphatic hydroxyl groups excluding tert-OH is 1. The van der Waals surface area contributed by atoms with Crippen LogP contribution in [0.5, 0.6) is 0 Å². The van der Waals surface area contributed by atoms with Gasteiger partial charge in [0.15, 0.2) is 0 Å². The van der Waals surface area contributed by atoms with Crippen LogP contribution in [0.15, 0.2) is 36.6 Å². The van der Waals surface area contributed by atoms with E-state index in [1.807, 2.05) is 0 Å². The molecular formula is C15H22FNO2. The van der Waals surface area contributed by atoms with Gasteiger partial charge in [0, 0.05) is 12.1 Å². The number of aliphatic hydroxyl groups is 1. The average molecular weight is 267 g/mol. The third kappa shape index (κ3) is 5.75. The number of halogens is 1. The lowest BCUT2D eigenvalue weighted by Crippen LogP contribution is -2.28. The molecule has 0 aromatic heterocycles. The monoisotopic (exact) mass is 267 g/mol. The lowest BCUT2D eigenvalue weighted by molar-refractivity contribution is 0.193. The van der Waals surface area contributed by atoms with Gasteiger partial charge in [0.05, 0.1) is 12.3 Å². The molecule has 1 aromatic carbocycles. The summed E-state index contributed by atoms with van der Waals surface area (Å²) in [5.74, 6) is 0.980. The van der Waals surface area contributed by atoms with Gasteiger partial charge in [-0.15, -0.1) is 0 Å². The van der Waals surface area contributed by atoms with Gasteiger partial charge in [-0.2, -0.15) is 0 Å². The highest BCUT2D eigenvalue weighted by molar-refractivity contribution is 5.45. The van der Waals surface area contributed by atoms with Crippen molar-refractivity contribution in [2.75, 3.05) is 24.8 Å². The van der Waals surface area contributed by atoms with E-state index in [1.54, 1.807) is 17.0 Å². The van der Waals surface area contributed by atoms with E-state index in [0.717, 1.165) is 17.9 Å². The van der Waals surface area contributed by atoms with Crippen LogP contribution in [0.2, 0.25) is 0 Å². The van der Waals surface area contributed by atoms with Gasteiger partial charge in [0.25, 0.3) is 0 Å². The number of hydrogen-bond acceptors (Lipinski definition) is 3. The summed E-state index contributed by atoms with van der Waals surface area (Å²) in [6, 6.07) is 6.01. The minimum absolute atomic E-state index is 0.133. The zero-order valence-electron chi connectivity index (χ0n) is 11.6. The van der Waals surface area contributed by atoms with Gasteiger partial charge in [-0.1, -0.05) is 20.4 Å². The van der Waals surface area contributed by atoms with Gasteiger partial charge in [0.1, 0.15) is 19.2 Å². The Labute approximate surface area is 114 Å². The third-order valence-corrected chi connectivity index (χ3v) is 2.67. The molecule has 0 amide bonds. The summed E-state index contributed by atoms with van der Waals surface area (Å²) in [4.78, 5) is 1.71. The van der Waals surface area contributed by atoms with E-state index in [-0.39, 0.29) is 12.5 Å². The minimum atomic E-state index is -0.289. The first-order valence-corrected chi connectivity index (χ1v) is 6.45. The Kier molecular flexibility index (Phi) is 6.36. The quantitative estimate of drug-likeness (QED) is 0.580. The first-order valence-electron chi connectivity index (χ1n) is 6.45. The normalized spacial score (nSPS) is 10.6. The topological polar surface area (TPSA) is 32.7 Å². The number of anilines is 1. The van der Waals surface area contributed by atoms with Crippen molar-refractivity contribution in [3.63, 3.8) is 0 Å². The van der Waals surface area contributed by atoms with Crippen LogP contribution in [-0.4, -0.2) is 25.0 Å². The Hall–Kier alpha value is -1.55. The maximum absolute atomic E-state index is 12.8. The van der Waals surface area contributed by atoms with Gasteiger partial charge in [-0.05, 0) is 30.2 Å². The van der Waals surface area contributed by atoms with Gasteiger partial charge in [-0.3, -0.25) is 0 Å². The van der Waals surface area contributed by atoms with Gasteiger partial charge in [-0.25, -0.2) is 4.39 Å². The molecule has 3 nitrogen and oxygen atoms in total. The maximum Gasteiger partial charge on any atom is 0.123 e. The summed E-state index contributed by atoms with van der Waals surface area (Å²) in [5.41, 5.74) is 0.766. The van der Waals surface area contributed by atoms with Crippen molar-refractivity contribution in [3.05, 3.63) is 42.4 Å². The highest BCUT2D eigenvalue weighted by Gasteiger charge is 2.06. The van der Waals surface area contributed by atoms with Gasteiger partial charge >= 0.3 is 0 Å². The summed E-state index contributed by atoms with van der Waals surface area (Å²) in [6.45, 7) is 8.90. The SMILES string of the molecule is C=C(CC(C)C)OCCN(CO)c1ccc(F)cc1. The molecule has 0 radical (unpaired) electrons. The van der Waals surface area contributed by atoms with E-state index in [4.69, 9.17) is 4.74 Å². The summed E-state index contributed by atoms with van der Waals surface area (Å²) < 4.78 is 18.3. The van der Waals surface area contributed by atoms with E-state index in [1.165, 1.54) is 12.1 Å². The molecule has 0 aliphatic carbocycles. The molecule has 0 bridgehead atoms. The van der Waals surface area contributed by atoms with Crippen molar-refractivity contribution in [1.29, 1.82) is 0 Å². The number of hydrogen-bond donors (Lipinski definition) is 1. The molecule has 0 spiro atoms. The molecule has 0 aliphatic rings. The van der Waals surface area contributed by atoms with E-state index < -0.39 is 0 Å². The standard InChI is InChI=1S/C15H22FNO2/c1-12(2)10-13(3)19-9-8-17(11-18)15-6-4-14(16)5-7-15/h4-7,12,18H,3,8-11H2,1-2H3. The lowest BCUT2D eigenvalue weighted by atomic mass is 10.1. The van der Waals surface area contributed by atoms with Crippen molar-refractivity contribution < 1.29 is 14.2 Å². The lowest BCUT2D eigenvalue weighted by Gasteiger charge is -2.22. The fourth-order valence-electron chi connectivity index (χ4n) is 1.75. The molecule has 0 unspecified atom stereocenters. The van der Waals surface area contributed by atoms with Gasteiger partial charge in [0.2, 0.25) is 0 Å². The summed E-state index contributed by atoms with van der Waals surface area (Å²) in [6.07, 6.45) is 0.829. The Morgan fingerprint density at radius 3 is 2.53 bits per heavy atom. The van der Waals surface area contributed by atoms with Crippen LogP contribution in [-0.2, 0) is 4.74 Å². The van der Waals surface area contributed by atoms with Crippen LogP contribution < -0.4 is 4.90 Å². The largest absolute Gasteiger partial charge is 0.497 e. The zero-order chi connectivity index (χ0) is 14.3. The highest BCUT2D eigenvalue weighted by atomic mass is 19.1. The maximum atomic E-state index is 12.8. The number of rotatable bonds is 8. The molecule has 0 saturated heterocycles. The second kappa shape index (κ2) is 7.79. The zero-order valence-corrected chi connectivity index (χ0v) is 11.6. The minimum Gasteiger partial charge on any atom is -0.497 e. The molecule has 0 atom stereocenters. The number of nitrogens with zero attached hydrogens (tertiary/aromatic N) is 1. The van der Waals surface area contributed by atoms with E-state index >= 15 is 0 Å². The van der Waals surface area contributed by atoms with Crippen LogP contribution in [0.4, 0.5) is 10.1 Å². The molecule has 0 fully saturated rings. The van der Waals surface area contributed by atoms with Crippen molar-refractivity contribution >= 4 is 5.69 Å². The fraction of sp³-hybridized carbons (Fsp3) is 0.467. The Morgan fingerprint density at radius 2 is 2.00 bits per heavy atom. The second-order valence-corrected chi connectivity index (χ2v) is 4.87.